The number of carbonyl (C=O) groups excluding carboxylic acids is 1. The fourth-order valence-electron chi connectivity index (χ4n) is 5.96. The molecular weight excluding hydrogens is 458 g/mol. The van der Waals surface area contributed by atoms with Gasteiger partial charge in [0.25, 0.3) is 0 Å². The van der Waals surface area contributed by atoms with Gasteiger partial charge in [0.05, 0.1) is 16.8 Å². The van der Waals surface area contributed by atoms with E-state index >= 15 is 0 Å². The number of thiazole rings is 1. The van der Waals surface area contributed by atoms with Crippen molar-refractivity contribution in [1.29, 1.82) is 0 Å². The van der Waals surface area contributed by atoms with Gasteiger partial charge < -0.3 is 15.5 Å². The minimum atomic E-state index is -1.65. The Morgan fingerprint density at radius 1 is 0.971 bits per heavy atom. The van der Waals surface area contributed by atoms with Crippen molar-refractivity contribution in [2.45, 2.75) is 37.9 Å². The monoisotopic (exact) mass is 483 g/mol. The van der Waals surface area contributed by atoms with Crippen molar-refractivity contribution in [2.75, 3.05) is 5.32 Å². The number of rotatable bonds is 5. The minimum absolute atomic E-state index is 0.00581. The zero-order valence-electron chi connectivity index (χ0n) is 19.2. The molecule has 3 aliphatic rings. The Morgan fingerprint density at radius 3 is 2.26 bits per heavy atom. The number of aliphatic hydroxyl groups is 2. The zero-order chi connectivity index (χ0) is 24.2. The number of aliphatic hydroxyl groups excluding tert-OH is 1. The molecule has 1 unspecified atom stereocenters. The summed E-state index contributed by atoms with van der Waals surface area (Å²) in [6.07, 6.45) is -0.159. The lowest BCUT2D eigenvalue weighted by Gasteiger charge is -2.52. The molecule has 0 spiro atoms. The fourth-order valence-corrected chi connectivity index (χ4v) is 6.66. The van der Waals surface area contributed by atoms with Crippen molar-refractivity contribution in [3.05, 3.63) is 100 Å². The normalized spacial score (nSPS) is 22.1. The number of fused-ring (bicyclic) bond motifs is 1. The second-order valence-electron chi connectivity index (χ2n) is 9.27. The van der Waals surface area contributed by atoms with E-state index in [1.165, 1.54) is 33.6 Å². The van der Waals surface area contributed by atoms with Gasteiger partial charge in [-0.15, -0.1) is 11.3 Å². The van der Waals surface area contributed by atoms with Crippen molar-refractivity contribution in [3.63, 3.8) is 0 Å². The third-order valence-corrected chi connectivity index (χ3v) is 8.35. The molecule has 0 radical (unpaired) electrons. The smallest absolute Gasteiger partial charge is 0.233 e. The molecule has 6 nitrogen and oxygen atoms in total. The number of anilines is 1. The number of aromatic nitrogens is 2. The molecule has 4 aromatic rings. The molecule has 0 fully saturated rings. The molecule has 0 aliphatic heterocycles. The minimum Gasteiger partial charge on any atom is -0.363 e. The third-order valence-electron chi connectivity index (χ3n) is 7.59. The molecular formula is C28H25N3O3S. The van der Waals surface area contributed by atoms with Gasteiger partial charge in [-0.05, 0) is 47.2 Å². The van der Waals surface area contributed by atoms with Crippen LogP contribution < -0.4 is 5.32 Å². The van der Waals surface area contributed by atoms with Gasteiger partial charge in [0, 0.05) is 17.2 Å². The molecule has 7 heteroatoms. The summed E-state index contributed by atoms with van der Waals surface area (Å²) in [6, 6.07) is 22.1. The summed E-state index contributed by atoms with van der Waals surface area (Å²) in [5, 5.41) is 24.3. The lowest BCUT2D eigenvalue weighted by molar-refractivity contribution is -0.128. The summed E-state index contributed by atoms with van der Waals surface area (Å²) in [4.78, 5) is 22.9. The molecule has 2 aromatic carbocycles. The van der Waals surface area contributed by atoms with E-state index in [0.717, 1.165) is 12.8 Å². The maximum atomic E-state index is 14.0. The van der Waals surface area contributed by atoms with Crippen LogP contribution in [-0.4, -0.2) is 26.1 Å². The first kappa shape index (κ1) is 22.1. The van der Waals surface area contributed by atoms with Gasteiger partial charge in [0.1, 0.15) is 5.69 Å². The Labute approximate surface area is 207 Å². The second kappa shape index (κ2) is 8.37. The summed E-state index contributed by atoms with van der Waals surface area (Å²) in [5.74, 6) is 0.183. The Morgan fingerprint density at radius 2 is 1.63 bits per heavy atom. The molecule has 176 valence electrons. The highest BCUT2D eigenvalue weighted by Crippen LogP contribution is 2.62. The van der Waals surface area contributed by atoms with E-state index in [1.807, 2.05) is 5.38 Å². The largest absolute Gasteiger partial charge is 0.363 e. The standard InChI is InChI=1S/C28H25N3O3S/c1-2-28(14-20-16-8-3-5-10-18(16)24(28)19-11-6-4-9-17(19)20)26(34)31-27-30-23(15-35-27)21-12-7-13-22(29-21)25(32)33/h3-13,15,20,24-25,32-33H,2,14H2,1H3,(H,30,31,34). The maximum absolute atomic E-state index is 14.0. The van der Waals surface area contributed by atoms with Crippen LogP contribution in [0.4, 0.5) is 5.13 Å². The zero-order valence-corrected chi connectivity index (χ0v) is 20.0. The van der Waals surface area contributed by atoms with E-state index in [4.69, 9.17) is 0 Å². The fraction of sp³-hybridized carbons (Fsp3) is 0.250. The van der Waals surface area contributed by atoms with Crippen molar-refractivity contribution in [3.8, 4) is 11.4 Å². The summed E-state index contributed by atoms with van der Waals surface area (Å²) in [7, 11) is 0. The molecule has 0 saturated carbocycles. The predicted octanol–water partition coefficient (Wildman–Crippen LogP) is 5.20. The van der Waals surface area contributed by atoms with E-state index in [1.54, 1.807) is 18.2 Å². The summed E-state index contributed by atoms with van der Waals surface area (Å²) >= 11 is 1.34. The van der Waals surface area contributed by atoms with Crippen molar-refractivity contribution in [2.24, 2.45) is 5.41 Å². The van der Waals surface area contributed by atoms with Crippen LogP contribution in [0.1, 0.15) is 65.8 Å². The summed E-state index contributed by atoms with van der Waals surface area (Å²) < 4.78 is 0. The molecule has 35 heavy (non-hydrogen) atoms. The number of nitrogens with one attached hydrogen (secondary N) is 1. The number of carbonyl (C=O) groups is 1. The first-order valence-corrected chi connectivity index (χ1v) is 12.7. The number of hydrogen-bond acceptors (Lipinski definition) is 6. The van der Waals surface area contributed by atoms with Crippen LogP contribution in [0.5, 0.6) is 0 Å². The van der Waals surface area contributed by atoms with Crippen molar-refractivity contribution < 1.29 is 15.0 Å². The van der Waals surface area contributed by atoms with E-state index in [2.05, 4.69) is 70.7 Å². The van der Waals surface area contributed by atoms with Crippen LogP contribution in [0.2, 0.25) is 0 Å². The SMILES string of the molecule is CCC1(C(=O)Nc2nc(-c3cccc(C(O)O)n3)cs2)CC2c3ccccc3C1c1ccccc12. The quantitative estimate of drug-likeness (QED) is 0.339. The molecule has 1 atom stereocenters. The maximum Gasteiger partial charge on any atom is 0.233 e. The van der Waals surface area contributed by atoms with E-state index in [0.29, 0.717) is 16.5 Å². The topological polar surface area (TPSA) is 95.3 Å². The average Bonchev–Trinajstić information content (AvgIpc) is 3.37. The predicted molar refractivity (Wildman–Crippen MR) is 135 cm³/mol. The van der Waals surface area contributed by atoms with E-state index in [-0.39, 0.29) is 23.4 Å². The summed E-state index contributed by atoms with van der Waals surface area (Å²) in [5.41, 5.74) is 5.87. The first-order chi connectivity index (χ1) is 17.0. The number of pyridine rings is 1. The van der Waals surface area contributed by atoms with Crippen LogP contribution in [0.25, 0.3) is 11.4 Å². The van der Waals surface area contributed by atoms with Crippen LogP contribution >= 0.6 is 11.3 Å². The second-order valence-corrected chi connectivity index (χ2v) is 10.1. The summed E-state index contributed by atoms with van der Waals surface area (Å²) in [6.45, 7) is 2.11. The van der Waals surface area contributed by atoms with Gasteiger partial charge in [0.2, 0.25) is 5.91 Å². The molecule has 7 rings (SSSR count). The van der Waals surface area contributed by atoms with Gasteiger partial charge in [-0.3, -0.25) is 4.79 Å². The van der Waals surface area contributed by atoms with Gasteiger partial charge in [-0.1, -0.05) is 61.5 Å². The van der Waals surface area contributed by atoms with Crippen LogP contribution in [0, 0.1) is 5.41 Å². The van der Waals surface area contributed by atoms with E-state index < -0.39 is 11.7 Å². The number of nitrogens with zero attached hydrogens (tertiary/aromatic N) is 2. The van der Waals surface area contributed by atoms with E-state index in [9.17, 15) is 15.0 Å². The van der Waals surface area contributed by atoms with Gasteiger partial charge in [-0.25, -0.2) is 9.97 Å². The first-order valence-electron chi connectivity index (χ1n) is 11.8. The molecule has 1 amide bonds. The van der Waals surface area contributed by atoms with Crippen molar-refractivity contribution >= 4 is 22.4 Å². The number of amides is 1. The highest BCUT2D eigenvalue weighted by Gasteiger charge is 2.55. The number of hydrogen-bond donors (Lipinski definition) is 3. The Hall–Kier alpha value is -3.39. The Bertz CT molecular complexity index is 1380. The van der Waals surface area contributed by atoms with Gasteiger partial charge >= 0.3 is 0 Å². The van der Waals surface area contributed by atoms with Gasteiger partial charge in [-0.2, -0.15) is 0 Å². The molecule has 2 aromatic heterocycles. The lowest BCUT2D eigenvalue weighted by Crippen LogP contribution is -2.48. The molecule has 3 N–H and O–H groups in total. The highest BCUT2D eigenvalue weighted by atomic mass is 32.1. The molecule has 2 heterocycles. The van der Waals surface area contributed by atoms with Crippen LogP contribution in [0.3, 0.4) is 0 Å². The lowest BCUT2D eigenvalue weighted by atomic mass is 9.51. The molecule has 0 saturated heterocycles. The van der Waals surface area contributed by atoms with Crippen LogP contribution in [-0.2, 0) is 4.79 Å². The Balaban J connectivity index is 1.35. The molecule has 2 bridgehead atoms. The van der Waals surface area contributed by atoms with Crippen LogP contribution in [0.15, 0.2) is 72.1 Å². The Kier molecular flexibility index (Phi) is 5.29. The third kappa shape index (κ3) is 3.42. The molecule has 3 aliphatic carbocycles. The van der Waals surface area contributed by atoms with Crippen molar-refractivity contribution in [1.82, 2.24) is 9.97 Å². The number of benzene rings is 2. The van der Waals surface area contributed by atoms with Gasteiger partial charge in [0.15, 0.2) is 11.4 Å². The highest BCUT2D eigenvalue weighted by molar-refractivity contribution is 7.14. The average molecular weight is 484 g/mol.